The molecule has 3 aromatic carbocycles. The first kappa shape index (κ1) is 22.6. The van der Waals surface area contributed by atoms with Crippen LogP contribution in [0.1, 0.15) is 56.0 Å². The summed E-state index contributed by atoms with van der Waals surface area (Å²) in [5.41, 5.74) is 4.88. The summed E-state index contributed by atoms with van der Waals surface area (Å²) in [4.78, 5) is 17.5. The molecule has 1 aromatic heterocycles. The molecule has 33 heavy (non-hydrogen) atoms. The van der Waals surface area contributed by atoms with Gasteiger partial charge in [0.1, 0.15) is 11.3 Å². The van der Waals surface area contributed by atoms with Crippen LogP contribution in [0.15, 0.2) is 71.1 Å². The molecule has 0 radical (unpaired) electrons. The maximum Gasteiger partial charge on any atom is 0.255 e. The summed E-state index contributed by atoms with van der Waals surface area (Å²) in [6.07, 6.45) is 1.07. The molecule has 0 bridgehead atoms. The average molecular weight is 443 g/mol. The summed E-state index contributed by atoms with van der Waals surface area (Å²) in [5, 5.41) is 2.96. The molecule has 170 valence electrons. The molecule has 5 nitrogen and oxygen atoms in total. The molecular weight excluding hydrogens is 412 g/mol. The zero-order chi connectivity index (χ0) is 23.4. The molecule has 0 saturated heterocycles. The number of oxazole rings is 1. The van der Waals surface area contributed by atoms with E-state index in [-0.39, 0.29) is 5.91 Å². The monoisotopic (exact) mass is 442 g/mol. The maximum absolute atomic E-state index is 12.8. The summed E-state index contributed by atoms with van der Waals surface area (Å²) in [6.45, 7) is 9.17. The Balaban J connectivity index is 1.52. The molecule has 1 N–H and O–H groups in total. The van der Waals surface area contributed by atoms with Gasteiger partial charge in [-0.05, 0) is 72.4 Å². The van der Waals surface area contributed by atoms with E-state index >= 15 is 0 Å². The Labute approximate surface area is 194 Å². The van der Waals surface area contributed by atoms with E-state index in [2.05, 4.69) is 50.1 Å². The fourth-order valence-corrected chi connectivity index (χ4v) is 3.53. The molecule has 0 aliphatic heterocycles. The molecule has 1 amide bonds. The van der Waals surface area contributed by atoms with E-state index in [0.29, 0.717) is 41.3 Å². The predicted octanol–water partition coefficient (Wildman–Crippen LogP) is 7.30. The lowest BCUT2D eigenvalue weighted by atomic mass is 9.98. The number of amides is 1. The van der Waals surface area contributed by atoms with Gasteiger partial charge in [-0.15, -0.1) is 0 Å². The van der Waals surface area contributed by atoms with Crippen molar-refractivity contribution < 1.29 is 13.9 Å². The van der Waals surface area contributed by atoms with E-state index in [1.807, 2.05) is 42.5 Å². The second-order valence-corrected chi connectivity index (χ2v) is 8.82. The number of hydrogen-bond donors (Lipinski definition) is 1. The molecule has 1 atom stereocenters. The van der Waals surface area contributed by atoms with Crippen LogP contribution in [0.3, 0.4) is 0 Å². The molecule has 5 heteroatoms. The highest BCUT2D eigenvalue weighted by Crippen LogP contribution is 2.29. The number of benzene rings is 3. The Kier molecular flexibility index (Phi) is 6.78. The highest BCUT2D eigenvalue weighted by molar-refractivity contribution is 6.04. The van der Waals surface area contributed by atoms with Crippen molar-refractivity contribution in [3.8, 4) is 17.2 Å². The van der Waals surface area contributed by atoms with Crippen molar-refractivity contribution in [3.63, 3.8) is 0 Å². The minimum atomic E-state index is -0.196. The lowest BCUT2D eigenvalue weighted by Gasteiger charge is -2.10. The topological polar surface area (TPSA) is 64.4 Å². The van der Waals surface area contributed by atoms with Gasteiger partial charge in [0.05, 0.1) is 6.61 Å². The van der Waals surface area contributed by atoms with Crippen molar-refractivity contribution in [1.29, 1.82) is 0 Å². The Morgan fingerprint density at radius 1 is 1.03 bits per heavy atom. The highest BCUT2D eigenvalue weighted by atomic mass is 16.5. The summed E-state index contributed by atoms with van der Waals surface area (Å²) in [6, 6.07) is 20.9. The predicted molar refractivity (Wildman–Crippen MR) is 133 cm³/mol. The molecule has 1 heterocycles. The smallest absolute Gasteiger partial charge is 0.255 e. The molecule has 0 unspecified atom stereocenters. The van der Waals surface area contributed by atoms with E-state index in [4.69, 9.17) is 9.15 Å². The summed E-state index contributed by atoms with van der Waals surface area (Å²) < 4.78 is 11.7. The molecule has 0 spiro atoms. The summed E-state index contributed by atoms with van der Waals surface area (Å²) in [5.74, 6) is 1.92. The van der Waals surface area contributed by atoms with Gasteiger partial charge in [-0.25, -0.2) is 4.98 Å². The van der Waals surface area contributed by atoms with E-state index in [0.717, 1.165) is 23.1 Å². The van der Waals surface area contributed by atoms with Crippen LogP contribution in [-0.4, -0.2) is 17.5 Å². The molecule has 4 aromatic rings. The number of anilines is 1. The van der Waals surface area contributed by atoms with Crippen molar-refractivity contribution in [2.24, 2.45) is 5.92 Å². The van der Waals surface area contributed by atoms with Gasteiger partial charge in [-0.2, -0.15) is 0 Å². The quantitative estimate of drug-likeness (QED) is 0.311. The van der Waals surface area contributed by atoms with Crippen LogP contribution in [0, 0.1) is 5.92 Å². The highest BCUT2D eigenvalue weighted by Gasteiger charge is 2.13. The number of hydrogen-bond acceptors (Lipinski definition) is 4. The zero-order valence-electron chi connectivity index (χ0n) is 19.6. The number of rotatable bonds is 8. The number of aromatic nitrogens is 1. The van der Waals surface area contributed by atoms with Gasteiger partial charge in [-0.3, -0.25) is 4.79 Å². The van der Waals surface area contributed by atoms with Crippen LogP contribution in [-0.2, 0) is 0 Å². The first-order valence-electron chi connectivity index (χ1n) is 11.5. The standard InChI is InChI=1S/C28H30N2O3/c1-5-19(4)20-12-13-26-25(16-20)30-28(33-26)22-9-6-10-23(14-22)29-27(31)21-8-7-11-24(15-21)32-17-18(2)3/h6-16,18-19H,5,17H2,1-4H3,(H,29,31)/t19-/m1/s1. The molecule has 0 aliphatic carbocycles. The van der Waals surface area contributed by atoms with E-state index in [1.54, 1.807) is 12.1 Å². The van der Waals surface area contributed by atoms with Crippen molar-refractivity contribution >= 4 is 22.7 Å². The van der Waals surface area contributed by atoms with Crippen LogP contribution in [0.25, 0.3) is 22.6 Å². The summed E-state index contributed by atoms with van der Waals surface area (Å²) >= 11 is 0. The molecule has 0 fully saturated rings. The Bertz CT molecular complexity index is 1260. The first-order chi connectivity index (χ1) is 15.9. The van der Waals surface area contributed by atoms with Crippen LogP contribution in [0.4, 0.5) is 5.69 Å². The lowest BCUT2D eigenvalue weighted by molar-refractivity contribution is 0.102. The van der Waals surface area contributed by atoms with Crippen molar-refractivity contribution in [3.05, 3.63) is 77.9 Å². The zero-order valence-corrected chi connectivity index (χ0v) is 19.6. The second-order valence-electron chi connectivity index (χ2n) is 8.82. The van der Waals surface area contributed by atoms with E-state index in [9.17, 15) is 4.79 Å². The van der Waals surface area contributed by atoms with Gasteiger partial charge < -0.3 is 14.5 Å². The van der Waals surface area contributed by atoms with Crippen LogP contribution >= 0.6 is 0 Å². The van der Waals surface area contributed by atoms with Gasteiger partial charge in [-0.1, -0.05) is 45.9 Å². The Morgan fingerprint density at radius 2 is 1.85 bits per heavy atom. The third kappa shape index (κ3) is 5.43. The molecule has 0 aliphatic rings. The number of nitrogens with zero attached hydrogens (tertiary/aromatic N) is 1. The third-order valence-corrected chi connectivity index (χ3v) is 5.64. The molecule has 4 rings (SSSR count). The lowest BCUT2D eigenvalue weighted by Crippen LogP contribution is -2.12. The fourth-order valence-electron chi connectivity index (χ4n) is 3.53. The normalized spacial score (nSPS) is 12.2. The largest absolute Gasteiger partial charge is 0.493 e. The first-order valence-corrected chi connectivity index (χ1v) is 11.5. The van der Waals surface area contributed by atoms with Crippen LogP contribution in [0.2, 0.25) is 0 Å². The van der Waals surface area contributed by atoms with E-state index in [1.165, 1.54) is 5.56 Å². The minimum absolute atomic E-state index is 0.196. The Hall–Kier alpha value is -3.60. The number of carbonyl (C=O) groups excluding carboxylic acids is 1. The SMILES string of the molecule is CC[C@@H](C)c1ccc2oc(-c3cccc(NC(=O)c4cccc(OCC(C)C)c4)c3)nc2c1. The molecule has 0 saturated carbocycles. The number of ether oxygens (including phenoxy) is 1. The summed E-state index contributed by atoms with van der Waals surface area (Å²) in [7, 11) is 0. The Morgan fingerprint density at radius 3 is 2.64 bits per heavy atom. The maximum atomic E-state index is 12.8. The van der Waals surface area contributed by atoms with Crippen LogP contribution < -0.4 is 10.1 Å². The van der Waals surface area contributed by atoms with Gasteiger partial charge >= 0.3 is 0 Å². The van der Waals surface area contributed by atoms with Gasteiger partial charge in [0, 0.05) is 16.8 Å². The minimum Gasteiger partial charge on any atom is -0.493 e. The van der Waals surface area contributed by atoms with Crippen molar-refractivity contribution in [2.45, 2.75) is 40.0 Å². The van der Waals surface area contributed by atoms with Crippen molar-refractivity contribution in [1.82, 2.24) is 4.98 Å². The van der Waals surface area contributed by atoms with Crippen molar-refractivity contribution in [2.75, 3.05) is 11.9 Å². The number of carbonyl (C=O) groups is 1. The van der Waals surface area contributed by atoms with E-state index < -0.39 is 0 Å². The van der Waals surface area contributed by atoms with Crippen LogP contribution in [0.5, 0.6) is 5.75 Å². The third-order valence-electron chi connectivity index (χ3n) is 5.64. The second kappa shape index (κ2) is 9.90. The van der Waals surface area contributed by atoms with Gasteiger partial charge in [0.25, 0.3) is 5.91 Å². The number of nitrogens with one attached hydrogen (secondary N) is 1. The van der Waals surface area contributed by atoms with Gasteiger partial charge in [0.2, 0.25) is 5.89 Å². The number of fused-ring (bicyclic) bond motifs is 1. The van der Waals surface area contributed by atoms with Gasteiger partial charge in [0.15, 0.2) is 5.58 Å². The molecular formula is C28H30N2O3. The fraction of sp³-hybridized carbons (Fsp3) is 0.286. The average Bonchev–Trinajstić information content (AvgIpc) is 3.26.